The second kappa shape index (κ2) is 4.74. The molecule has 1 aliphatic carbocycles. The zero-order chi connectivity index (χ0) is 11.5. The summed E-state index contributed by atoms with van der Waals surface area (Å²) in [6, 6.07) is 0. The number of rotatable bonds is 4. The van der Waals surface area contributed by atoms with Crippen LogP contribution in [0.1, 0.15) is 39.5 Å². The van der Waals surface area contributed by atoms with Gasteiger partial charge < -0.3 is 10.4 Å². The average molecular weight is 221 g/mol. The zero-order valence-electron chi connectivity index (χ0n) is 9.52. The number of hydrogen-bond donors (Lipinski definition) is 2. The predicted molar refractivity (Wildman–Crippen MR) is 56.1 cm³/mol. The Balaban J connectivity index is 2.29. The van der Waals surface area contributed by atoms with E-state index in [-0.39, 0.29) is 18.5 Å². The van der Waals surface area contributed by atoms with Crippen molar-refractivity contribution in [2.24, 2.45) is 5.41 Å². The Morgan fingerprint density at radius 3 is 2.20 bits per heavy atom. The van der Waals surface area contributed by atoms with Crippen LogP contribution in [0.4, 0.5) is 8.78 Å². The smallest absolute Gasteiger partial charge is 0.250 e. The highest BCUT2D eigenvalue weighted by Crippen LogP contribution is 2.39. The van der Waals surface area contributed by atoms with E-state index in [0.29, 0.717) is 12.8 Å². The van der Waals surface area contributed by atoms with E-state index in [4.69, 9.17) is 0 Å². The lowest BCUT2D eigenvalue weighted by atomic mass is 9.71. The van der Waals surface area contributed by atoms with Crippen molar-refractivity contribution in [3.63, 3.8) is 0 Å². The topological polar surface area (TPSA) is 32.3 Å². The Hall–Kier alpha value is -0.220. The standard InChI is InChI=1S/C11H21F2NO/c1-10(2)3-5-11(15,6-4-10)8-14-7-9(12)13/h9,14-15H,3-8H2,1-2H3. The molecule has 2 N–H and O–H groups in total. The van der Waals surface area contributed by atoms with Crippen LogP contribution in [0, 0.1) is 5.41 Å². The molecule has 0 unspecified atom stereocenters. The molecule has 1 fully saturated rings. The minimum atomic E-state index is -2.34. The molecule has 15 heavy (non-hydrogen) atoms. The molecule has 0 atom stereocenters. The summed E-state index contributed by atoms with van der Waals surface area (Å²) in [6.45, 7) is 4.32. The fourth-order valence-corrected chi connectivity index (χ4v) is 1.98. The van der Waals surface area contributed by atoms with Crippen molar-refractivity contribution in [3.05, 3.63) is 0 Å². The molecule has 0 radical (unpaired) electrons. The van der Waals surface area contributed by atoms with Gasteiger partial charge in [0, 0.05) is 6.54 Å². The molecule has 0 saturated heterocycles. The lowest BCUT2D eigenvalue weighted by molar-refractivity contribution is -0.0263. The molecule has 0 amide bonds. The number of aliphatic hydroxyl groups is 1. The van der Waals surface area contributed by atoms with Gasteiger partial charge in [0.25, 0.3) is 6.43 Å². The van der Waals surface area contributed by atoms with E-state index in [1.165, 1.54) is 0 Å². The monoisotopic (exact) mass is 221 g/mol. The quantitative estimate of drug-likeness (QED) is 0.762. The van der Waals surface area contributed by atoms with Crippen molar-refractivity contribution in [2.75, 3.05) is 13.1 Å². The van der Waals surface area contributed by atoms with E-state index < -0.39 is 12.0 Å². The van der Waals surface area contributed by atoms with E-state index in [9.17, 15) is 13.9 Å². The molecule has 0 heterocycles. The first-order chi connectivity index (χ1) is 6.83. The normalized spacial score (nSPS) is 24.4. The first kappa shape index (κ1) is 12.8. The van der Waals surface area contributed by atoms with E-state index >= 15 is 0 Å². The summed E-state index contributed by atoms with van der Waals surface area (Å²) in [6.07, 6.45) is 0.986. The SMILES string of the molecule is CC1(C)CCC(O)(CNCC(F)F)CC1. The van der Waals surface area contributed by atoms with Gasteiger partial charge in [0.15, 0.2) is 0 Å². The average Bonchev–Trinajstić information content (AvgIpc) is 2.11. The molecule has 4 heteroatoms. The van der Waals surface area contributed by atoms with E-state index in [0.717, 1.165) is 12.8 Å². The Morgan fingerprint density at radius 1 is 1.20 bits per heavy atom. The van der Waals surface area contributed by atoms with Gasteiger partial charge in [-0.05, 0) is 31.1 Å². The molecule has 90 valence electrons. The van der Waals surface area contributed by atoms with Gasteiger partial charge in [-0.15, -0.1) is 0 Å². The van der Waals surface area contributed by atoms with E-state index in [1.807, 2.05) is 0 Å². The third-order valence-corrected chi connectivity index (χ3v) is 3.29. The summed E-state index contributed by atoms with van der Waals surface area (Å²) in [7, 11) is 0. The molecular weight excluding hydrogens is 200 g/mol. The van der Waals surface area contributed by atoms with Crippen LogP contribution in [0.3, 0.4) is 0 Å². The van der Waals surface area contributed by atoms with E-state index in [1.54, 1.807) is 0 Å². The van der Waals surface area contributed by atoms with Gasteiger partial charge in [0.1, 0.15) is 0 Å². The lowest BCUT2D eigenvalue weighted by Crippen LogP contribution is -2.45. The minimum Gasteiger partial charge on any atom is -0.389 e. The van der Waals surface area contributed by atoms with Gasteiger partial charge >= 0.3 is 0 Å². The predicted octanol–water partition coefficient (Wildman–Crippen LogP) is 2.17. The highest BCUT2D eigenvalue weighted by Gasteiger charge is 2.36. The van der Waals surface area contributed by atoms with Gasteiger partial charge in [0.05, 0.1) is 12.1 Å². The maximum absolute atomic E-state index is 11.9. The summed E-state index contributed by atoms with van der Waals surface area (Å²) in [4.78, 5) is 0. The third kappa shape index (κ3) is 4.43. The van der Waals surface area contributed by atoms with Gasteiger partial charge in [-0.1, -0.05) is 13.8 Å². The summed E-state index contributed by atoms with van der Waals surface area (Å²) < 4.78 is 23.8. The van der Waals surface area contributed by atoms with Crippen molar-refractivity contribution in [1.29, 1.82) is 0 Å². The Kier molecular flexibility index (Phi) is 4.06. The van der Waals surface area contributed by atoms with Crippen LogP contribution in [0.5, 0.6) is 0 Å². The van der Waals surface area contributed by atoms with Gasteiger partial charge in [0.2, 0.25) is 0 Å². The van der Waals surface area contributed by atoms with Gasteiger partial charge in [-0.25, -0.2) is 8.78 Å². The van der Waals surface area contributed by atoms with E-state index in [2.05, 4.69) is 19.2 Å². The number of halogens is 2. The fraction of sp³-hybridized carbons (Fsp3) is 1.00. The van der Waals surface area contributed by atoms with Gasteiger partial charge in [-0.2, -0.15) is 0 Å². The van der Waals surface area contributed by atoms with Crippen LogP contribution in [0.2, 0.25) is 0 Å². The molecule has 1 rings (SSSR count). The van der Waals surface area contributed by atoms with Crippen LogP contribution in [-0.2, 0) is 0 Å². The molecule has 0 aliphatic heterocycles. The van der Waals surface area contributed by atoms with Crippen LogP contribution < -0.4 is 5.32 Å². The molecule has 0 aromatic heterocycles. The molecule has 0 bridgehead atoms. The lowest BCUT2D eigenvalue weighted by Gasteiger charge is -2.40. The summed E-state index contributed by atoms with van der Waals surface area (Å²) in [5, 5.41) is 12.7. The van der Waals surface area contributed by atoms with Crippen molar-refractivity contribution in [3.8, 4) is 0 Å². The van der Waals surface area contributed by atoms with Crippen LogP contribution in [0.15, 0.2) is 0 Å². The highest BCUT2D eigenvalue weighted by atomic mass is 19.3. The molecule has 2 nitrogen and oxygen atoms in total. The summed E-state index contributed by atoms with van der Waals surface area (Å²) in [5.41, 5.74) is -0.487. The third-order valence-electron chi connectivity index (χ3n) is 3.29. The van der Waals surface area contributed by atoms with Crippen molar-refractivity contribution < 1.29 is 13.9 Å². The van der Waals surface area contributed by atoms with Gasteiger partial charge in [-0.3, -0.25) is 0 Å². The number of hydrogen-bond acceptors (Lipinski definition) is 2. The molecule has 0 aromatic carbocycles. The molecule has 1 saturated carbocycles. The molecule has 0 aromatic rings. The molecular formula is C11H21F2NO. The fourth-order valence-electron chi connectivity index (χ4n) is 1.98. The van der Waals surface area contributed by atoms with Crippen molar-refractivity contribution >= 4 is 0 Å². The maximum Gasteiger partial charge on any atom is 0.250 e. The maximum atomic E-state index is 11.9. The Labute approximate surface area is 90.1 Å². The number of alkyl halides is 2. The molecule has 1 aliphatic rings. The van der Waals surface area contributed by atoms with Crippen LogP contribution in [0.25, 0.3) is 0 Å². The first-order valence-electron chi connectivity index (χ1n) is 5.54. The summed E-state index contributed by atoms with van der Waals surface area (Å²) in [5.74, 6) is 0. The second-order valence-electron chi connectivity index (χ2n) is 5.41. The first-order valence-corrected chi connectivity index (χ1v) is 5.54. The second-order valence-corrected chi connectivity index (χ2v) is 5.41. The minimum absolute atomic E-state index is 0.285. The summed E-state index contributed by atoms with van der Waals surface area (Å²) >= 11 is 0. The van der Waals surface area contributed by atoms with Crippen LogP contribution >= 0.6 is 0 Å². The van der Waals surface area contributed by atoms with Crippen molar-refractivity contribution in [2.45, 2.75) is 51.6 Å². The number of nitrogens with one attached hydrogen (secondary N) is 1. The molecule has 0 spiro atoms. The largest absolute Gasteiger partial charge is 0.389 e. The van der Waals surface area contributed by atoms with Crippen LogP contribution in [-0.4, -0.2) is 30.2 Å². The Bertz CT molecular complexity index is 197. The Morgan fingerprint density at radius 2 is 1.73 bits per heavy atom. The zero-order valence-corrected chi connectivity index (χ0v) is 9.52. The highest BCUT2D eigenvalue weighted by molar-refractivity contribution is 4.90. The van der Waals surface area contributed by atoms with Crippen molar-refractivity contribution in [1.82, 2.24) is 5.32 Å².